The van der Waals surface area contributed by atoms with Gasteiger partial charge in [0.2, 0.25) is 5.54 Å². The molecule has 4 amide bonds. The maximum atomic E-state index is 15.3. The first-order valence-corrected chi connectivity index (χ1v) is 10.5. The van der Waals surface area contributed by atoms with Crippen LogP contribution < -0.4 is 20.9 Å². The number of anilines is 1. The fourth-order valence-electron chi connectivity index (χ4n) is 5.00. The van der Waals surface area contributed by atoms with Crippen molar-refractivity contribution < 1.29 is 23.5 Å². The molecule has 0 aliphatic carbocycles. The zero-order chi connectivity index (χ0) is 23.1. The van der Waals surface area contributed by atoms with Gasteiger partial charge in [-0.15, -0.1) is 0 Å². The van der Waals surface area contributed by atoms with Crippen LogP contribution in [0.3, 0.4) is 0 Å². The number of nitrogens with two attached hydrogens (primary N) is 2. The van der Waals surface area contributed by atoms with Crippen molar-refractivity contribution in [2.75, 3.05) is 31.2 Å². The summed E-state index contributed by atoms with van der Waals surface area (Å²) in [6.07, 6.45) is 0.656. The largest absolute Gasteiger partial charge is 0.420 e. The van der Waals surface area contributed by atoms with Crippen LogP contribution in [-0.2, 0) is 19.9 Å². The molecule has 4 rings (SSSR count). The first-order valence-electron chi connectivity index (χ1n) is 10.2. The lowest BCUT2D eigenvalue weighted by atomic mass is 9.83. The molecule has 0 bridgehead atoms. The van der Waals surface area contributed by atoms with E-state index in [1.54, 1.807) is 24.3 Å². The summed E-state index contributed by atoms with van der Waals surface area (Å²) in [6, 6.07) is 9.77. The number of urea groups is 1. The van der Waals surface area contributed by atoms with Gasteiger partial charge in [0.25, 0.3) is 11.8 Å². The van der Waals surface area contributed by atoms with Crippen molar-refractivity contribution in [3.63, 3.8) is 0 Å². The third-order valence-corrected chi connectivity index (χ3v) is 6.69. The van der Waals surface area contributed by atoms with Crippen LogP contribution in [0.25, 0.3) is 0 Å². The Morgan fingerprint density at radius 3 is 2.47 bits per heavy atom. The summed E-state index contributed by atoms with van der Waals surface area (Å²) < 4.78 is 19.8. The van der Waals surface area contributed by atoms with Gasteiger partial charge in [-0.2, -0.15) is 4.48 Å². The third kappa shape index (κ3) is 3.16. The summed E-state index contributed by atoms with van der Waals surface area (Å²) in [7, 11) is 0. The van der Waals surface area contributed by atoms with Crippen LogP contribution in [0.4, 0.5) is 20.6 Å². The molecule has 2 aliphatic rings. The van der Waals surface area contributed by atoms with E-state index in [0.717, 1.165) is 0 Å². The van der Waals surface area contributed by atoms with Gasteiger partial charge >= 0.3 is 6.03 Å². The molecule has 0 radical (unpaired) electrons. The number of rotatable bonds is 4. The van der Waals surface area contributed by atoms with Crippen LogP contribution in [-0.4, -0.2) is 44.1 Å². The van der Waals surface area contributed by atoms with Gasteiger partial charge in [0.1, 0.15) is 18.1 Å². The highest BCUT2D eigenvalue weighted by Gasteiger charge is 2.65. The SMILES string of the molecule is NC(=O)[C@]1(c2ccc(N3CCOCC3=O)c(F)c2)CCC[N+]1(C(N)=O)c1ccc(Cl)cc1. The molecule has 4 N–H and O–H groups in total. The summed E-state index contributed by atoms with van der Waals surface area (Å²) in [6.45, 7) is 0.578. The van der Waals surface area contributed by atoms with Crippen molar-refractivity contribution >= 4 is 40.8 Å². The molecule has 2 saturated heterocycles. The van der Waals surface area contributed by atoms with E-state index in [0.29, 0.717) is 17.1 Å². The van der Waals surface area contributed by atoms with E-state index in [4.69, 9.17) is 27.8 Å². The molecule has 1 unspecified atom stereocenters. The second-order valence-electron chi connectivity index (χ2n) is 7.94. The second-order valence-corrected chi connectivity index (χ2v) is 8.38. The van der Waals surface area contributed by atoms with E-state index in [9.17, 15) is 14.4 Å². The smallest absolute Gasteiger partial charge is 0.370 e. The van der Waals surface area contributed by atoms with Gasteiger partial charge in [0.15, 0.2) is 0 Å². The minimum absolute atomic E-state index is 0.0725. The Bertz CT molecular complexity index is 1100. The van der Waals surface area contributed by atoms with Gasteiger partial charge in [0, 0.05) is 42.1 Å². The van der Waals surface area contributed by atoms with Gasteiger partial charge < -0.3 is 21.1 Å². The molecule has 10 heteroatoms. The molecule has 32 heavy (non-hydrogen) atoms. The molecule has 2 aromatic rings. The van der Waals surface area contributed by atoms with Gasteiger partial charge in [-0.1, -0.05) is 11.6 Å². The van der Waals surface area contributed by atoms with Crippen molar-refractivity contribution in [3.8, 4) is 0 Å². The number of hydrogen-bond donors (Lipinski definition) is 2. The van der Waals surface area contributed by atoms with E-state index in [-0.39, 0.29) is 49.9 Å². The van der Waals surface area contributed by atoms with Crippen molar-refractivity contribution in [2.24, 2.45) is 11.5 Å². The molecule has 8 nitrogen and oxygen atoms in total. The average molecular weight is 462 g/mol. The van der Waals surface area contributed by atoms with E-state index < -0.39 is 27.8 Å². The van der Waals surface area contributed by atoms with Gasteiger partial charge in [-0.25, -0.2) is 9.18 Å². The van der Waals surface area contributed by atoms with Crippen LogP contribution >= 0.6 is 11.6 Å². The molecule has 0 aromatic heterocycles. The Balaban J connectivity index is 1.89. The molecule has 168 valence electrons. The molecule has 0 spiro atoms. The third-order valence-electron chi connectivity index (χ3n) is 6.44. The lowest BCUT2D eigenvalue weighted by molar-refractivity contribution is -0.127. The maximum absolute atomic E-state index is 15.3. The van der Waals surface area contributed by atoms with Crippen LogP contribution in [0.5, 0.6) is 0 Å². The number of nitrogens with zero attached hydrogens (tertiary/aromatic N) is 2. The zero-order valence-electron chi connectivity index (χ0n) is 17.2. The summed E-state index contributed by atoms with van der Waals surface area (Å²) in [5.41, 5.74) is 10.9. The normalized spacial score (nSPS) is 25.7. The minimum atomic E-state index is -1.62. The Kier molecular flexibility index (Phi) is 5.66. The summed E-state index contributed by atoms with van der Waals surface area (Å²) in [5, 5.41) is 0.450. The molecular formula is C22H23ClFN4O4+. The van der Waals surface area contributed by atoms with E-state index >= 15 is 4.39 Å². The number of ether oxygens (including phenoxy) is 1. The van der Waals surface area contributed by atoms with Gasteiger partial charge in [-0.05, 0) is 30.3 Å². The Morgan fingerprint density at radius 2 is 1.88 bits per heavy atom. The fourth-order valence-corrected chi connectivity index (χ4v) is 5.12. The topological polar surface area (TPSA) is 116 Å². The molecule has 0 saturated carbocycles. The number of benzene rings is 2. The quantitative estimate of drug-likeness (QED) is 0.680. The second kappa shape index (κ2) is 8.16. The first kappa shape index (κ1) is 22.2. The highest BCUT2D eigenvalue weighted by Crippen LogP contribution is 2.49. The maximum Gasteiger partial charge on any atom is 0.420 e. The molecule has 2 heterocycles. The molecule has 2 aromatic carbocycles. The number of hydrogen-bond acceptors (Lipinski definition) is 4. The van der Waals surface area contributed by atoms with Crippen molar-refractivity contribution in [3.05, 3.63) is 58.9 Å². The molecule has 2 aliphatic heterocycles. The molecule has 2 atom stereocenters. The predicted octanol–water partition coefficient (Wildman–Crippen LogP) is 2.40. The summed E-state index contributed by atoms with van der Waals surface area (Å²) in [5.74, 6) is -1.86. The van der Waals surface area contributed by atoms with E-state index in [1.165, 1.54) is 23.1 Å². The van der Waals surface area contributed by atoms with Crippen LogP contribution in [0.1, 0.15) is 18.4 Å². The predicted molar refractivity (Wildman–Crippen MR) is 117 cm³/mol. The lowest BCUT2D eigenvalue weighted by Gasteiger charge is -2.43. The Hall–Kier alpha value is -3.01. The Morgan fingerprint density at radius 1 is 1.16 bits per heavy atom. The summed E-state index contributed by atoms with van der Waals surface area (Å²) >= 11 is 6.01. The average Bonchev–Trinajstić information content (AvgIpc) is 3.17. The number of morpholine rings is 1. The number of likely N-dealkylation sites (tertiary alicyclic amines) is 1. The standard InChI is InChI=1S/C22H22ClFN4O4/c23-15-3-5-16(6-4-15)28(21(26)31)10-1-8-22(28,20(25)30)14-2-7-18(17(24)12-14)27-9-11-32-13-19(27)29/h2-7,12H,1,8-11,13H2,(H3-,25,26,30,31)/p+1/t22-,28?/m1/s1. The Labute approximate surface area is 189 Å². The number of primary amides is 2. The fraction of sp³-hybridized carbons (Fsp3) is 0.318. The van der Waals surface area contributed by atoms with E-state index in [1.807, 2.05) is 0 Å². The number of halogens is 2. The first-order chi connectivity index (χ1) is 15.2. The number of amides is 4. The lowest BCUT2D eigenvalue weighted by Crippen LogP contribution is -2.70. The van der Waals surface area contributed by atoms with Crippen LogP contribution in [0, 0.1) is 5.82 Å². The van der Waals surface area contributed by atoms with Crippen LogP contribution in [0.2, 0.25) is 5.02 Å². The monoisotopic (exact) mass is 461 g/mol. The van der Waals surface area contributed by atoms with Crippen molar-refractivity contribution in [1.29, 1.82) is 0 Å². The van der Waals surface area contributed by atoms with Crippen molar-refractivity contribution in [1.82, 2.24) is 4.48 Å². The molecule has 2 fully saturated rings. The van der Waals surface area contributed by atoms with Gasteiger partial charge in [-0.3, -0.25) is 9.59 Å². The highest BCUT2D eigenvalue weighted by atomic mass is 35.5. The number of quaternary nitrogens is 1. The van der Waals surface area contributed by atoms with Gasteiger partial charge in [0.05, 0.1) is 18.8 Å². The number of carbonyl (C=O) groups excluding carboxylic acids is 3. The van der Waals surface area contributed by atoms with Crippen molar-refractivity contribution in [2.45, 2.75) is 18.4 Å². The van der Waals surface area contributed by atoms with E-state index in [2.05, 4.69) is 0 Å². The zero-order valence-corrected chi connectivity index (χ0v) is 18.0. The molecular weight excluding hydrogens is 439 g/mol. The minimum Gasteiger partial charge on any atom is -0.370 e. The highest BCUT2D eigenvalue weighted by molar-refractivity contribution is 6.30. The number of carbonyl (C=O) groups is 3. The summed E-state index contributed by atoms with van der Waals surface area (Å²) in [4.78, 5) is 39.4. The van der Waals surface area contributed by atoms with Crippen LogP contribution in [0.15, 0.2) is 42.5 Å².